The molecule has 0 bridgehead atoms. The molecule has 0 aliphatic carbocycles. The molecular formula is C28H29N3O2. The van der Waals surface area contributed by atoms with Crippen LogP contribution in [0.5, 0.6) is 5.75 Å². The summed E-state index contributed by atoms with van der Waals surface area (Å²) in [5.41, 5.74) is 4.13. The second kappa shape index (κ2) is 10.2. The highest BCUT2D eigenvalue weighted by molar-refractivity contribution is 5.99. The second-order valence-corrected chi connectivity index (χ2v) is 7.81. The largest absolute Gasteiger partial charge is 0.494 e. The zero-order chi connectivity index (χ0) is 23.2. The van der Waals surface area contributed by atoms with E-state index in [1.807, 2.05) is 110 Å². The standard InChI is InChI=1S/C28H29N3O2/c1-4-31-26(28(32)29-20(3)21-12-8-6-9-13-21)25(22-16-18-24(19-17-22)33-5-2)30-27(31)23-14-10-7-11-15-23/h6-20H,4-5H2,1-3H3,(H,29,32). The Bertz CT molecular complexity index is 1200. The van der Waals surface area contributed by atoms with E-state index >= 15 is 0 Å². The summed E-state index contributed by atoms with van der Waals surface area (Å²) in [5, 5.41) is 3.17. The second-order valence-electron chi connectivity index (χ2n) is 7.81. The number of ether oxygens (including phenoxy) is 1. The Hall–Kier alpha value is -3.86. The molecule has 0 aliphatic rings. The van der Waals surface area contributed by atoms with Gasteiger partial charge in [0.25, 0.3) is 5.91 Å². The molecular weight excluding hydrogens is 410 g/mol. The first-order valence-corrected chi connectivity index (χ1v) is 11.4. The van der Waals surface area contributed by atoms with Crippen LogP contribution in [0.3, 0.4) is 0 Å². The number of hydrogen-bond acceptors (Lipinski definition) is 3. The Morgan fingerprint density at radius 2 is 1.55 bits per heavy atom. The summed E-state index contributed by atoms with van der Waals surface area (Å²) in [6.07, 6.45) is 0. The molecule has 5 heteroatoms. The molecule has 5 nitrogen and oxygen atoms in total. The average molecular weight is 440 g/mol. The monoisotopic (exact) mass is 439 g/mol. The van der Waals surface area contributed by atoms with Gasteiger partial charge in [0.15, 0.2) is 0 Å². The number of carbonyl (C=O) groups is 1. The van der Waals surface area contributed by atoms with Crippen molar-refractivity contribution in [2.24, 2.45) is 0 Å². The minimum atomic E-state index is -0.147. The highest BCUT2D eigenvalue weighted by Crippen LogP contribution is 2.31. The number of aromatic nitrogens is 2. The Labute approximate surface area is 195 Å². The van der Waals surface area contributed by atoms with Crippen LogP contribution in [0.4, 0.5) is 0 Å². The molecule has 0 spiro atoms. The van der Waals surface area contributed by atoms with Gasteiger partial charge in [0, 0.05) is 17.7 Å². The Morgan fingerprint density at radius 3 is 2.15 bits per heavy atom. The normalized spacial score (nSPS) is 11.7. The van der Waals surface area contributed by atoms with Crippen molar-refractivity contribution in [3.8, 4) is 28.4 Å². The molecule has 168 valence electrons. The molecule has 1 unspecified atom stereocenters. The lowest BCUT2D eigenvalue weighted by Gasteiger charge is -2.16. The van der Waals surface area contributed by atoms with E-state index in [0.717, 1.165) is 28.3 Å². The third-order valence-electron chi connectivity index (χ3n) is 5.62. The van der Waals surface area contributed by atoms with Crippen molar-refractivity contribution in [2.75, 3.05) is 6.61 Å². The fourth-order valence-electron chi connectivity index (χ4n) is 3.97. The number of imidazole rings is 1. The van der Waals surface area contributed by atoms with Crippen LogP contribution in [0.2, 0.25) is 0 Å². The maximum atomic E-state index is 13.6. The van der Waals surface area contributed by atoms with Gasteiger partial charge in [-0.15, -0.1) is 0 Å². The molecule has 1 heterocycles. The van der Waals surface area contributed by atoms with Crippen molar-refractivity contribution in [3.05, 3.63) is 96.2 Å². The first-order chi connectivity index (χ1) is 16.1. The van der Waals surface area contributed by atoms with Crippen molar-refractivity contribution in [3.63, 3.8) is 0 Å². The number of hydrogen-bond donors (Lipinski definition) is 1. The van der Waals surface area contributed by atoms with E-state index in [1.165, 1.54) is 0 Å². The fraction of sp³-hybridized carbons (Fsp3) is 0.214. The Morgan fingerprint density at radius 1 is 0.909 bits per heavy atom. The van der Waals surface area contributed by atoms with Crippen LogP contribution in [-0.4, -0.2) is 22.1 Å². The molecule has 4 rings (SSSR count). The van der Waals surface area contributed by atoms with Gasteiger partial charge < -0.3 is 14.6 Å². The van der Waals surface area contributed by atoms with Gasteiger partial charge in [0.2, 0.25) is 0 Å². The highest BCUT2D eigenvalue weighted by atomic mass is 16.5. The van der Waals surface area contributed by atoms with Gasteiger partial charge in [-0.3, -0.25) is 4.79 Å². The van der Waals surface area contributed by atoms with E-state index in [0.29, 0.717) is 24.5 Å². The van der Waals surface area contributed by atoms with Crippen LogP contribution >= 0.6 is 0 Å². The summed E-state index contributed by atoms with van der Waals surface area (Å²) in [6, 6.07) is 27.6. The molecule has 1 N–H and O–H groups in total. The molecule has 1 atom stereocenters. The number of rotatable bonds is 8. The smallest absolute Gasteiger partial charge is 0.270 e. The van der Waals surface area contributed by atoms with Crippen molar-refractivity contribution >= 4 is 5.91 Å². The molecule has 1 aromatic heterocycles. The van der Waals surface area contributed by atoms with Crippen molar-refractivity contribution in [1.82, 2.24) is 14.9 Å². The molecule has 3 aromatic carbocycles. The maximum Gasteiger partial charge on any atom is 0.270 e. The number of nitrogens with zero attached hydrogens (tertiary/aromatic N) is 2. The lowest BCUT2D eigenvalue weighted by Crippen LogP contribution is -2.29. The summed E-state index contributed by atoms with van der Waals surface area (Å²) in [6.45, 7) is 7.21. The predicted molar refractivity (Wildman–Crippen MR) is 132 cm³/mol. The van der Waals surface area contributed by atoms with Gasteiger partial charge in [-0.25, -0.2) is 4.98 Å². The molecule has 4 aromatic rings. The topological polar surface area (TPSA) is 56.2 Å². The molecule has 1 amide bonds. The molecule has 0 fully saturated rings. The van der Waals surface area contributed by atoms with Gasteiger partial charge in [0.05, 0.1) is 12.6 Å². The molecule has 33 heavy (non-hydrogen) atoms. The Kier molecular flexibility index (Phi) is 6.89. The number of amides is 1. The van der Waals surface area contributed by atoms with Crippen LogP contribution in [0.1, 0.15) is 42.9 Å². The average Bonchev–Trinajstić information content (AvgIpc) is 3.25. The first kappa shape index (κ1) is 22.3. The van der Waals surface area contributed by atoms with Crippen LogP contribution in [0.25, 0.3) is 22.6 Å². The quantitative estimate of drug-likeness (QED) is 0.359. The summed E-state index contributed by atoms with van der Waals surface area (Å²) >= 11 is 0. The SMILES string of the molecule is CCOc1ccc(-c2nc(-c3ccccc3)n(CC)c2C(=O)NC(C)c2ccccc2)cc1. The molecule has 0 saturated heterocycles. The predicted octanol–water partition coefficient (Wildman–Crippen LogP) is 6.13. The Balaban J connectivity index is 1.79. The minimum absolute atomic E-state index is 0.132. The van der Waals surface area contributed by atoms with Crippen molar-refractivity contribution < 1.29 is 9.53 Å². The number of carbonyl (C=O) groups excluding carboxylic acids is 1. The third-order valence-corrected chi connectivity index (χ3v) is 5.62. The molecule has 0 saturated carbocycles. The van der Waals surface area contributed by atoms with E-state index in [1.54, 1.807) is 0 Å². The highest BCUT2D eigenvalue weighted by Gasteiger charge is 2.25. The van der Waals surface area contributed by atoms with Crippen molar-refractivity contribution in [2.45, 2.75) is 33.4 Å². The van der Waals surface area contributed by atoms with Crippen molar-refractivity contribution in [1.29, 1.82) is 0 Å². The maximum absolute atomic E-state index is 13.6. The van der Waals surface area contributed by atoms with Crippen LogP contribution in [-0.2, 0) is 6.54 Å². The molecule has 0 aliphatic heterocycles. The van der Waals surface area contributed by atoms with Crippen LogP contribution in [0, 0.1) is 0 Å². The number of benzene rings is 3. The summed E-state index contributed by atoms with van der Waals surface area (Å²) in [5.74, 6) is 1.43. The van der Waals surface area contributed by atoms with Gasteiger partial charge in [-0.05, 0) is 50.6 Å². The van der Waals surface area contributed by atoms with Gasteiger partial charge in [0.1, 0.15) is 23.0 Å². The zero-order valence-electron chi connectivity index (χ0n) is 19.3. The van der Waals surface area contributed by atoms with E-state index in [-0.39, 0.29) is 11.9 Å². The van der Waals surface area contributed by atoms with Gasteiger partial charge in [-0.2, -0.15) is 0 Å². The van der Waals surface area contributed by atoms with E-state index in [4.69, 9.17) is 9.72 Å². The zero-order valence-corrected chi connectivity index (χ0v) is 19.3. The summed E-state index contributed by atoms with van der Waals surface area (Å²) < 4.78 is 7.58. The summed E-state index contributed by atoms with van der Waals surface area (Å²) in [7, 11) is 0. The minimum Gasteiger partial charge on any atom is -0.494 e. The molecule has 0 radical (unpaired) electrons. The third kappa shape index (κ3) is 4.82. The van der Waals surface area contributed by atoms with Crippen LogP contribution < -0.4 is 10.1 Å². The van der Waals surface area contributed by atoms with Gasteiger partial charge in [-0.1, -0.05) is 60.7 Å². The van der Waals surface area contributed by atoms with E-state index in [9.17, 15) is 4.79 Å². The van der Waals surface area contributed by atoms with E-state index < -0.39 is 0 Å². The number of nitrogens with one attached hydrogen (secondary N) is 1. The van der Waals surface area contributed by atoms with E-state index in [2.05, 4.69) is 5.32 Å². The fourth-order valence-corrected chi connectivity index (χ4v) is 3.97. The first-order valence-electron chi connectivity index (χ1n) is 11.4. The van der Waals surface area contributed by atoms with Gasteiger partial charge >= 0.3 is 0 Å². The lowest BCUT2D eigenvalue weighted by atomic mass is 10.1. The van der Waals surface area contributed by atoms with Crippen LogP contribution in [0.15, 0.2) is 84.9 Å². The lowest BCUT2D eigenvalue weighted by molar-refractivity contribution is 0.0931. The summed E-state index contributed by atoms with van der Waals surface area (Å²) in [4.78, 5) is 18.6.